The summed E-state index contributed by atoms with van der Waals surface area (Å²) in [7, 11) is 0. The summed E-state index contributed by atoms with van der Waals surface area (Å²) in [5, 5.41) is -3.13. The summed E-state index contributed by atoms with van der Waals surface area (Å²) >= 11 is 31.0. The first-order chi connectivity index (χ1) is 4.63. The van der Waals surface area contributed by atoms with E-state index in [4.69, 9.17) is 68.5 Å². The Morgan fingerprint density at radius 2 is 1.55 bits per heavy atom. The number of amides is 1. The summed E-state index contributed by atoms with van der Waals surface area (Å²) in [6.07, 6.45) is 0. The third-order valence-corrected chi connectivity index (χ3v) is 2.02. The minimum atomic E-state index is -3.13. The second-order valence-electron chi connectivity index (χ2n) is 1.32. The summed E-state index contributed by atoms with van der Waals surface area (Å²) in [4.78, 5) is 10.7. The van der Waals surface area contributed by atoms with Crippen LogP contribution in [0.4, 0.5) is 0 Å². The molecule has 0 aromatic carbocycles. The van der Waals surface area contributed by atoms with Crippen molar-refractivity contribution in [1.29, 1.82) is 0 Å². The topological polar surface area (TPSA) is 29.4 Å². The van der Waals surface area contributed by atoms with E-state index < -0.39 is 14.8 Å². The lowest BCUT2D eigenvalue weighted by Crippen LogP contribution is -2.14. The fourth-order valence-electron chi connectivity index (χ4n) is 0.160. The number of nitrogens with zero attached hydrogens (tertiary/aromatic N) is 1. The molecule has 0 N–H and O–H groups in total. The van der Waals surface area contributed by atoms with Crippen molar-refractivity contribution in [3.63, 3.8) is 0 Å². The third-order valence-electron chi connectivity index (χ3n) is 0.447. The molecule has 0 aromatic heterocycles. The molecule has 0 aliphatic heterocycles. The average Bonchev–Trinajstić information content (AvgIpc) is 1.56. The lowest BCUT2D eigenvalue weighted by atomic mass is 10.7. The lowest BCUT2D eigenvalue weighted by molar-refractivity contribution is -0.116. The smallest absolute Gasteiger partial charge is 0.268 e. The van der Waals surface area contributed by atoms with Crippen molar-refractivity contribution in [2.45, 2.75) is 3.79 Å². The van der Waals surface area contributed by atoms with Crippen LogP contribution in [0.2, 0.25) is 0 Å². The molecule has 66 valence electrons. The van der Waals surface area contributed by atoms with Gasteiger partial charge >= 0.3 is 0 Å². The number of carbonyl (C=O) groups excluding carboxylic acids is 1. The molecule has 2 nitrogen and oxygen atoms in total. The SMILES string of the molecule is O=C(N=P(Cl)(Cl)Cl)C(Cl)(Cl)Cl. The predicted molar refractivity (Wildman–Crippen MR) is 52.2 cm³/mol. The van der Waals surface area contributed by atoms with Crippen molar-refractivity contribution in [1.82, 2.24) is 0 Å². The van der Waals surface area contributed by atoms with Crippen LogP contribution >= 0.6 is 73.6 Å². The normalized spacial score (nSPS) is 12.9. The highest BCUT2D eigenvalue weighted by Crippen LogP contribution is 2.65. The molecule has 9 heteroatoms. The Labute approximate surface area is 92.5 Å². The van der Waals surface area contributed by atoms with Crippen molar-refractivity contribution < 1.29 is 4.79 Å². The minimum absolute atomic E-state index is 1.07. The van der Waals surface area contributed by atoms with Gasteiger partial charge in [0.15, 0.2) is 0 Å². The Bertz CT molecular complexity index is 205. The van der Waals surface area contributed by atoms with Gasteiger partial charge < -0.3 is 0 Å². The van der Waals surface area contributed by atoms with Crippen molar-refractivity contribution in [2.75, 3.05) is 0 Å². The molecule has 0 aliphatic carbocycles. The molecule has 0 fully saturated rings. The van der Waals surface area contributed by atoms with Gasteiger partial charge in [-0.15, -0.1) is 0 Å². The van der Waals surface area contributed by atoms with Crippen molar-refractivity contribution in [3.8, 4) is 0 Å². The van der Waals surface area contributed by atoms with Crippen molar-refractivity contribution >= 4 is 79.5 Å². The van der Waals surface area contributed by atoms with Crippen molar-refractivity contribution in [3.05, 3.63) is 0 Å². The van der Waals surface area contributed by atoms with Crippen LogP contribution in [0.3, 0.4) is 0 Å². The first kappa shape index (κ1) is 12.6. The molecule has 0 aromatic rings. The van der Waals surface area contributed by atoms with Crippen LogP contribution in [-0.4, -0.2) is 9.70 Å². The van der Waals surface area contributed by atoms with E-state index in [1.54, 1.807) is 0 Å². The van der Waals surface area contributed by atoms with E-state index in [-0.39, 0.29) is 0 Å². The number of alkyl halides is 3. The zero-order valence-corrected chi connectivity index (χ0v) is 10.0. The molecular formula is C2Cl6NOP. The molecule has 0 rings (SSSR count). The molecule has 0 radical (unpaired) electrons. The monoisotopic (exact) mass is 295 g/mol. The van der Waals surface area contributed by atoms with Gasteiger partial charge in [0, 0.05) is 0 Å². The number of hydrogen-bond acceptors (Lipinski definition) is 1. The zero-order chi connectivity index (χ0) is 9.28. The summed E-state index contributed by atoms with van der Waals surface area (Å²) in [6.45, 7) is 0. The van der Waals surface area contributed by atoms with Crippen LogP contribution in [0.15, 0.2) is 4.74 Å². The highest BCUT2D eigenvalue weighted by Gasteiger charge is 2.31. The minimum Gasteiger partial charge on any atom is -0.268 e. The number of hydrogen-bond donors (Lipinski definition) is 0. The van der Waals surface area contributed by atoms with Gasteiger partial charge in [-0.1, -0.05) is 34.8 Å². The summed E-state index contributed by atoms with van der Waals surface area (Å²) in [5.74, 6) is -1.07. The standard InChI is InChI=1S/C2Cl6NOP/c3-2(4,5)1(10)9-11(6,7)8. The van der Waals surface area contributed by atoms with Crippen LogP contribution in [-0.2, 0) is 4.79 Å². The van der Waals surface area contributed by atoms with E-state index in [0.717, 1.165) is 0 Å². The van der Waals surface area contributed by atoms with Gasteiger partial charge in [-0.3, -0.25) is 4.79 Å². The van der Waals surface area contributed by atoms with Gasteiger partial charge in [0.05, 0.1) is 0 Å². The first-order valence-electron chi connectivity index (χ1n) is 1.95. The summed E-state index contributed by atoms with van der Waals surface area (Å²) < 4.78 is 0.904. The maximum absolute atomic E-state index is 10.7. The highest BCUT2D eigenvalue weighted by molar-refractivity contribution is 8.26. The van der Waals surface area contributed by atoms with Gasteiger partial charge in [-0.25, -0.2) is 0 Å². The third kappa shape index (κ3) is 6.77. The van der Waals surface area contributed by atoms with Gasteiger partial charge in [0.1, 0.15) is 0 Å². The molecule has 0 atom stereocenters. The molecule has 11 heavy (non-hydrogen) atoms. The van der Waals surface area contributed by atoms with Crippen LogP contribution in [0.1, 0.15) is 0 Å². The fraction of sp³-hybridized carbons (Fsp3) is 0.500. The maximum atomic E-state index is 10.7. The van der Waals surface area contributed by atoms with Crippen LogP contribution in [0.25, 0.3) is 0 Å². The molecule has 0 bridgehead atoms. The van der Waals surface area contributed by atoms with Crippen LogP contribution in [0, 0.1) is 0 Å². The Morgan fingerprint density at radius 3 is 1.64 bits per heavy atom. The van der Waals surface area contributed by atoms with Crippen LogP contribution < -0.4 is 0 Å². The molecular weight excluding hydrogens is 298 g/mol. The second kappa shape index (κ2) is 4.23. The number of rotatable bonds is 0. The quantitative estimate of drug-likeness (QED) is 0.476. The Kier molecular flexibility index (Phi) is 4.87. The molecule has 0 saturated heterocycles. The number of carbonyl (C=O) groups is 1. The average molecular weight is 298 g/mol. The molecule has 1 amide bonds. The largest absolute Gasteiger partial charge is 0.299 e. The molecule has 0 saturated carbocycles. The second-order valence-corrected chi connectivity index (χ2v) is 10.6. The van der Waals surface area contributed by atoms with E-state index in [0.29, 0.717) is 0 Å². The summed E-state index contributed by atoms with van der Waals surface area (Å²) in [6, 6.07) is 0. The Hall–Kier alpha value is 1.64. The summed E-state index contributed by atoms with van der Waals surface area (Å²) in [5.41, 5.74) is 0. The maximum Gasteiger partial charge on any atom is 0.299 e. The highest BCUT2D eigenvalue weighted by atomic mass is 36.0. The fourth-order valence-corrected chi connectivity index (χ4v) is 1.44. The molecule has 0 aliphatic rings. The van der Waals surface area contributed by atoms with Gasteiger partial charge in [-0.05, 0) is 33.7 Å². The van der Waals surface area contributed by atoms with Gasteiger partial charge in [-0.2, -0.15) is 4.74 Å². The van der Waals surface area contributed by atoms with Crippen LogP contribution in [0.5, 0.6) is 0 Å². The van der Waals surface area contributed by atoms with E-state index in [2.05, 4.69) is 4.74 Å². The van der Waals surface area contributed by atoms with E-state index in [1.807, 2.05) is 0 Å². The van der Waals surface area contributed by atoms with Gasteiger partial charge in [0.2, 0.25) is 5.11 Å². The van der Waals surface area contributed by atoms with E-state index in [1.165, 1.54) is 0 Å². The number of halogens is 6. The van der Waals surface area contributed by atoms with E-state index in [9.17, 15) is 4.79 Å². The van der Waals surface area contributed by atoms with Gasteiger partial charge in [0.25, 0.3) is 9.70 Å². The predicted octanol–water partition coefficient (Wildman–Crippen LogP) is 4.55. The molecule has 0 heterocycles. The Morgan fingerprint density at radius 1 is 1.18 bits per heavy atom. The molecule has 0 unspecified atom stereocenters. The van der Waals surface area contributed by atoms with E-state index >= 15 is 0 Å². The van der Waals surface area contributed by atoms with Crippen molar-refractivity contribution in [2.24, 2.45) is 4.74 Å². The Balaban J connectivity index is 4.58. The molecule has 0 spiro atoms. The first-order valence-corrected chi connectivity index (χ1v) is 7.54. The zero-order valence-electron chi connectivity index (χ0n) is 4.57. The lowest BCUT2D eigenvalue weighted by Gasteiger charge is -2.05.